The largest absolute Gasteiger partial charge is 0.493 e. The highest BCUT2D eigenvalue weighted by Crippen LogP contribution is 2.27. The van der Waals surface area contributed by atoms with Crippen LogP contribution in [0.2, 0.25) is 0 Å². The van der Waals surface area contributed by atoms with E-state index >= 15 is 0 Å². The fraction of sp³-hybridized carbons (Fsp3) is 0.429. The lowest BCUT2D eigenvalue weighted by Crippen LogP contribution is -2.36. The summed E-state index contributed by atoms with van der Waals surface area (Å²) in [6.45, 7) is 3.51. The predicted molar refractivity (Wildman–Crippen MR) is 128 cm³/mol. The number of aliphatic imine (C=N–C) groups is 1. The molecule has 1 aromatic heterocycles. The fourth-order valence-corrected chi connectivity index (χ4v) is 3.24. The molecule has 1 fully saturated rings. The van der Waals surface area contributed by atoms with Crippen molar-refractivity contribution in [3.8, 4) is 11.5 Å². The van der Waals surface area contributed by atoms with Crippen molar-refractivity contribution in [2.24, 2.45) is 4.99 Å². The number of pyridine rings is 1. The summed E-state index contributed by atoms with van der Waals surface area (Å²) >= 11 is 0. The number of ether oxygens (including phenoxy) is 2. The lowest BCUT2D eigenvalue weighted by Gasteiger charge is -2.17. The first-order valence-corrected chi connectivity index (χ1v) is 9.59. The highest BCUT2D eigenvalue weighted by atomic mass is 127. The molecule has 7 nitrogen and oxygen atoms in total. The number of rotatable bonds is 7. The first-order valence-electron chi connectivity index (χ1n) is 9.59. The van der Waals surface area contributed by atoms with Gasteiger partial charge in [0, 0.05) is 39.4 Å². The summed E-state index contributed by atoms with van der Waals surface area (Å²) in [7, 11) is 5.03. The Labute approximate surface area is 189 Å². The van der Waals surface area contributed by atoms with Crippen LogP contribution in [0.4, 0.5) is 5.82 Å². The third-order valence-electron chi connectivity index (χ3n) is 4.83. The van der Waals surface area contributed by atoms with Crippen molar-refractivity contribution >= 4 is 35.8 Å². The molecule has 29 heavy (non-hydrogen) atoms. The van der Waals surface area contributed by atoms with Crippen LogP contribution in [-0.2, 0) is 13.1 Å². The maximum absolute atomic E-state index is 5.35. The number of anilines is 1. The molecule has 0 unspecified atom stereocenters. The average Bonchev–Trinajstić information content (AvgIpc) is 3.29. The van der Waals surface area contributed by atoms with E-state index in [1.165, 1.54) is 12.8 Å². The van der Waals surface area contributed by atoms with Crippen LogP contribution in [0.25, 0.3) is 0 Å². The Bertz CT molecular complexity index is 792. The van der Waals surface area contributed by atoms with Gasteiger partial charge in [0.05, 0.1) is 14.2 Å². The number of aromatic nitrogens is 1. The number of benzene rings is 1. The maximum atomic E-state index is 5.35. The van der Waals surface area contributed by atoms with Gasteiger partial charge in [-0.05, 0) is 42.2 Å². The Balaban J connectivity index is 0.00000300. The third-order valence-corrected chi connectivity index (χ3v) is 4.83. The van der Waals surface area contributed by atoms with Crippen molar-refractivity contribution in [2.75, 3.05) is 39.3 Å². The average molecular weight is 511 g/mol. The molecule has 1 aliphatic rings. The molecule has 2 N–H and O–H groups in total. The van der Waals surface area contributed by atoms with E-state index in [4.69, 9.17) is 9.47 Å². The highest BCUT2D eigenvalue weighted by Gasteiger charge is 2.13. The van der Waals surface area contributed by atoms with Gasteiger partial charge in [0.2, 0.25) is 0 Å². The molecule has 0 spiro atoms. The van der Waals surface area contributed by atoms with Gasteiger partial charge >= 0.3 is 0 Å². The standard InChI is InChI=1S/C21H29N5O2.HI/c1-22-21(24-13-16-6-8-18(27-2)19(12-16)28-3)25-15-17-7-9-20(23-14-17)26-10-4-5-11-26;/h6-9,12,14H,4-5,10-11,13,15H2,1-3H3,(H2,22,24,25);1H. The van der Waals surface area contributed by atoms with Gasteiger partial charge in [-0.3, -0.25) is 4.99 Å². The Hall–Kier alpha value is -2.23. The van der Waals surface area contributed by atoms with Crippen LogP contribution >= 0.6 is 24.0 Å². The van der Waals surface area contributed by atoms with Crippen molar-refractivity contribution < 1.29 is 9.47 Å². The monoisotopic (exact) mass is 511 g/mol. The van der Waals surface area contributed by atoms with Crippen LogP contribution < -0.4 is 25.0 Å². The van der Waals surface area contributed by atoms with E-state index in [1.807, 2.05) is 24.4 Å². The van der Waals surface area contributed by atoms with E-state index in [-0.39, 0.29) is 24.0 Å². The Morgan fingerprint density at radius 1 is 1.00 bits per heavy atom. The summed E-state index contributed by atoms with van der Waals surface area (Å²) in [5.74, 6) is 3.24. The lowest BCUT2D eigenvalue weighted by atomic mass is 10.2. The van der Waals surface area contributed by atoms with Gasteiger partial charge in [0.15, 0.2) is 17.5 Å². The van der Waals surface area contributed by atoms with Crippen LogP contribution in [-0.4, -0.2) is 45.3 Å². The van der Waals surface area contributed by atoms with Gasteiger partial charge in [-0.2, -0.15) is 0 Å². The summed E-state index contributed by atoms with van der Waals surface area (Å²) < 4.78 is 10.6. The molecule has 0 saturated carbocycles. The topological polar surface area (TPSA) is 71.0 Å². The van der Waals surface area contributed by atoms with Gasteiger partial charge in [0.1, 0.15) is 5.82 Å². The number of hydrogen-bond acceptors (Lipinski definition) is 5. The van der Waals surface area contributed by atoms with Crippen molar-refractivity contribution in [1.82, 2.24) is 15.6 Å². The Morgan fingerprint density at radius 2 is 1.66 bits per heavy atom. The molecular weight excluding hydrogens is 481 g/mol. The molecule has 0 aliphatic carbocycles. The molecule has 0 radical (unpaired) electrons. The van der Waals surface area contributed by atoms with Gasteiger partial charge < -0.3 is 25.0 Å². The summed E-state index contributed by atoms with van der Waals surface area (Å²) in [4.78, 5) is 11.2. The minimum atomic E-state index is 0. The number of nitrogens with zero attached hydrogens (tertiary/aromatic N) is 3. The third kappa shape index (κ3) is 6.38. The molecular formula is C21H30IN5O2. The number of halogens is 1. The van der Waals surface area contributed by atoms with E-state index in [1.54, 1.807) is 21.3 Å². The zero-order chi connectivity index (χ0) is 19.8. The second kappa shape index (κ2) is 11.7. The molecule has 1 saturated heterocycles. The normalized spacial score (nSPS) is 13.6. The number of hydrogen-bond donors (Lipinski definition) is 2. The summed E-state index contributed by atoms with van der Waals surface area (Å²) in [6.07, 6.45) is 4.45. The van der Waals surface area contributed by atoms with Crippen molar-refractivity contribution in [3.63, 3.8) is 0 Å². The minimum absolute atomic E-state index is 0. The summed E-state index contributed by atoms with van der Waals surface area (Å²) in [5.41, 5.74) is 2.20. The number of methoxy groups -OCH3 is 2. The molecule has 2 heterocycles. The van der Waals surface area contributed by atoms with Crippen molar-refractivity contribution in [1.29, 1.82) is 0 Å². The zero-order valence-electron chi connectivity index (χ0n) is 17.3. The Kier molecular flexibility index (Phi) is 9.30. The molecule has 8 heteroatoms. The van der Waals surface area contributed by atoms with Gasteiger partial charge in [-0.15, -0.1) is 24.0 Å². The first kappa shape index (κ1) is 23.1. The number of nitrogens with one attached hydrogen (secondary N) is 2. The van der Waals surface area contributed by atoms with E-state index in [0.29, 0.717) is 18.8 Å². The van der Waals surface area contributed by atoms with E-state index in [2.05, 4.69) is 37.6 Å². The van der Waals surface area contributed by atoms with Crippen LogP contribution in [0.3, 0.4) is 0 Å². The maximum Gasteiger partial charge on any atom is 0.191 e. The van der Waals surface area contributed by atoms with Crippen LogP contribution in [0.5, 0.6) is 11.5 Å². The molecule has 2 aromatic rings. The SMILES string of the molecule is CN=C(NCc1ccc(N2CCCC2)nc1)NCc1ccc(OC)c(OC)c1.I. The van der Waals surface area contributed by atoms with Crippen LogP contribution in [0.15, 0.2) is 41.5 Å². The molecule has 0 amide bonds. The second-order valence-electron chi connectivity index (χ2n) is 6.69. The molecule has 1 aliphatic heterocycles. The van der Waals surface area contributed by atoms with E-state index in [0.717, 1.165) is 41.7 Å². The van der Waals surface area contributed by atoms with E-state index in [9.17, 15) is 0 Å². The summed E-state index contributed by atoms with van der Waals surface area (Å²) in [5, 5.41) is 6.64. The first-order chi connectivity index (χ1) is 13.7. The predicted octanol–water partition coefficient (Wildman–Crippen LogP) is 3.18. The van der Waals surface area contributed by atoms with Crippen molar-refractivity contribution in [3.05, 3.63) is 47.7 Å². The van der Waals surface area contributed by atoms with Gasteiger partial charge in [-0.1, -0.05) is 12.1 Å². The smallest absolute Gasteiger partial charge is 0.191 e. The Morgan fingerprint density at radius 3 is 2.24 bits per heavy atom. The molecule has 158 valence electrons. The molecule has 0 atom stereocenters. The molecule has 1 aromatic carbocycles. The van der Waals surface area contributed by atoms with Gasteiger partial charge in [-0.25, -0.2) is 4.98 Å². The van der Waals surface area contributed by atoms with Crippen LogP contribution in [0.1, 0.15) is 24.0 Å². The second-order valence-corrected chi connectivity index (χ2v) is 6.69. The number of guanidine groups is 1. The fourth-order valence-electron chi connectivity index (χ4n) is 3.24. The zero-order valence-corrected chi connectivity index (χ0v) is 19.6. The highest BCUT2D eigenvalue weighted by molar-refractivity contribution is 14.0. The van der Waals surface area contributed by atoms with E-state index < -0.39 is 0 Å². The van der Waals surface area contributed by atoms with Crippen LogP contribution in [0, 0.1) is 0 Å². The molecule has 3 rings (SSSR count). The molecule has 0 bridgehead atoms. The summed E-state index contributed by atoms with van der Waals surface area (Å²) in [6, 6.07) is 10.1. The van der Waals surface area contributed by atoms with Gasteiger partial charge in [0.25, 0.3) is 0 Å². The van der Waals surface area contributed by atoms with Crippen molar-refractivity contribution in [2.45, 2.75) is 25.9 Å². The quantitative estimate of drug-likeness (QED) is 0.338. The minimum Gasteiger partial charge on any atom is -0.493 e. The lowest BCUT2D eigenvalue weighted by molar-refractivity contribution is 0.354.